The van der Waals surface area contributed by atoms with E-state index >= 15 is 0 Å². The van der Waals surface area contributed by atoms with Crippen LogP contribution in [0.3, 0.4) is 0 Å². The summed E-state index contributed by atoms with van der Waals surface area (Å²) in [5, 5.41) is 2.24. The van der Waals surface area contributed by atoms with E-state index in [1.165, 1.54) is 0 Å². The van der Waals surface area contributed by atoms with Gasteiger partial charge >= 0.3 is 0 Å². The van der Waals surface area contributed by atoms with Gasteiger partial charge in [0.05, 0.1) is 5.52 Å². The van der Waals surface area contributed by atoms with Crippen molar-refractivity contribution < 1.29 is 0 Å². The highest BCUT2D eigenvalue weighted by molar-refractivity contribution is 5.97. The van der Waals surface area contributed by atoms with Gasteiger partial charge < -0.3 is 14.8 Å². The van der Waals surface area contributed by atoms with E-state index in [1.807, 2.05) is 30.9 Å². The molecular formula is C26H24N6. The van der Waals surface area contributed by atoms with Gasteiger partial charge in [-0.15, -0.1) is 0 Å². The van der Waals surface area contributed by atoms with E-state index in [9.17, 15) is 0 Å². The van der Waals surface area contributed by atoms with Crippen LogP contribution in [0.25, 0.3) is 44.2 Å². The van der Waals surface area contributed by atoms with Gasteiger partial charge in [-0.1, -0.05) is 12.1 Å². The Morgan fingerprint density at radius 2 is 1.66 bits per heavy atom. The molecule has 4 aromatic heterocycles. The Balaban J connectivity index is 1.34. The highest BCUT2D eigenvalue weighted by atomic mass is 15.3. The van der Waals surface area contributed by atoms with Gasteiger partial charge in [0.2, 0.25) is 0 Å². The number of fused-ring (bicyclic) bond motifs is 2. The predicted molar refractivity (Wildman–Crippen MR) is 130 cm³/mol. The van der Waals surface area contributed by atoms with Gasteiger partial charge in [0.15, 0.2) is 0 Å². The molecule has 0 atom stereocenters. The maximum atomic E-state index is 4.75. The first kappa shape index (κ1) is 19.0. The first-order chi connectivity index (χ1) is 15.7. The van der Waals surface area contributed by atoms with E-state index in [4.69, 9.17) is 4.98 Å². The van der Waals surface area contributed by atoms with Crippen molar-refractivity contribution >= 4 is 27.8 Å². The summed E-state index contributed by atoms with van der Waals surface area (Å²) < 4.78 is 0. The van der Waals surface area contributed by atoms with E-state index < -0.39 is 0 Å². The first-order valence-corrected chi connectivity index (χ1v) is 11.0. The maximum Gasteiger partial charge on any atom is 0.137 e. The lowest BCUT2D eigenvalue weighted by Gasteiger charge is -2.33. The number of H-pyrrole nitrogens is 1. The Kier molecular flexibility index (Phi) is 4.58. The van der Waals surface area contributed by atoms with Crippen LogP contribution >= 0.6 is 0 Å². The molecule has 6 heteroatoms. The number of nitrogens with zero attached hydrogens (tertiary/aromatic N) is 5. The Hall–Kier alpha value is -3.77. The number of pyridine rings is 3. The molecule has 1 N–H and O–H groups in total. The van der Waals surface area contributed by atoms with Crippen molar-refractivity contribution in [3.63, 3.8) is 0 Å². The van der Waals surface area contributed by atoms with Crippen LogP contribution in [0, 0.1) is 0 Å². The van der Waals surface area contributed by atoms with Crippen LogP contribution in [0.2, 0.25) is 0 Å². The molecule has 5 aromatic rings. The minimum absolute atomic E-state index is 0.886. The van der Waals surface area contributed by atoms with Crippen molar-refractivity contribution in [3.05, 3.63) is 73.3 Å². The topological polar surface area (TPSA) is 60.9 Å². The molecule has 0 aliphatic carbocycles. The predicted octanol–water partition coefficient (Wildman–Crippen LogP) is 4.59. The molecule has 6 nitrogen and oxygen atoms in total. The molecule has 0 unspecified atom stereocenters. The van der Waals surface area contributed by atoms with Gasteiger partial charge in [0.25, 0.3) is 0 Å². The van der Waals surface area contributed by atoms with E-state index in [1.54, 1.807) is 0 Å². The van der Waals surface area contributed by atoms with Crippen molar-refractivity contribution in [3.8, 4) is 22.3 Å². The highest BCUT2D eigenvalue weighted by Gasteiger charge is 2.15. The highest BCUT2D eigenvalue weighted by Crippen LogP contribution is 2.32. The average Bonchev–Trinajstić information content (AvgIpc) is 3.28. The number of hydrogen-bond donors (Lipinski definition) is 1. The molecule has 6 rings (SSSR count). The molecule has 0 bridgehead atoms. The number of benzene rings is 1. The van der Waals surface area contributed by atoms with E-state index in [0.717, 1.165) is 76.2 Å². The molecule has 0 spiro atoms. The molecular weight excluding hydrogens is 396 g/mol. The van der Waals surface area contributed by atoms with Crippen molar-refractivity contribution in [1.29, 1.82) is 0 Å². The maximum absolute atomic E-state index is 4.75. The van der Waals surface area contributed by atoms with E-state index in [-0.39, 0.29) is 0 Å². The van der Waals surface area contributed by atoms with Crippen LogP contribution in [0.4, 0.5) is 5.82 Å². The van der Waals surface area contributed by atoms with Crippen molar-refractivity contribution in [1.82, 2.24) is 24.8 Å². The number of rotatable bonds is 3. The first-order valence-electron chi connectivity index (χ1n) is 11.0. The molecule has 0 radical (unpaired) electrons. The SMILES string of the molecule is CN1CCN(c2ccc(-c3cnc4[nH]cc(-c5ccc6ncccc6c5)c4c3)cn2)CC1. The van der Waals surface area contributed by atoms with Crippen LogP contribution in [0.5, 0.6) is 0 Å². The molecule has 32 heavy (non-hydrogen) atoms. The summed E-state index contributed by atoms with van der Waals surface area (Å²) in [5.74, 6) is 1.04. The van der Waals surface area contributed by atoms with Gasteiger partial charge in [0.1, 0.15) is 11.5 Å². The third-order valence-corrected chi connectivity index (χ3v) is 6.35. The van der Waals surface area contributed by atoms with E-state index in [0.29, 0.717) is 0 Å². The Bertz CT molecular complexity index is 1400. The van der Waals surface area contributed by atoms with Crippen LogP contribution in [-0.2, 0) is 0 Å². The minimum atomic E-state index is 0.886. The molecule has 1 aliphatic rings. The molecule has 1 aliphatic heterocycles. The average molecular weight is 421 g/mol. The third kappa shape index (κ3) is 3.39. The van der Waals surface area contributed by atoms with Crippen molar-refractivity contribution in [2.24, 2.45) is 0 Å². The number of anilines is 1. The Morgan fingerprint density at radius 3 is 2.50 bits per heavy atom. The number of hydrogen-bond acceptors (Lipinski definition) is 5. The zero-order valence-corrected chi connectivity index (χ0v) is 18.0. The Labute approximate surface area is 186 Å². The zero-order valence-electron chi connectivity index (χ0n) is 18.0. The second kappa shape index (κ2) is 7.73. The van der Waals surface area contributed by atoms with E-state index in [2.05, 4.69) is 74.3 Å². The van der Waals surface area contributed by atoms with Crippen LogP contribution < -0.4 is 4.90 Å². The quantitative estimate of drug-likeness (QED) is 0.463. The lowest BCUT2D eigenvalue weighted by atomic mass is 10.0. The third-order valence-electron chi connectivity index (χ3n) is 6.35. The normalized spacial score (nSPS) is 15.0. The second-order valence-electron chi connectivity index (χ2n) is 8.43. The summed E-state index contributed by atoms with van der Waals surface area (Å²) >= 11 is 0. The molecule has 0 amide bonds. The lowest BCUT2D eigenvalue weighted by Crippen LogP contribution is -2.44. The fourth-order valence-corrected chi connectivity index (χ4v) is 4.42. The largest absolute Gasteiger partial charge is 0.354 e. The van der Waals surface area contributed by atoms with Crippen LogP contribution in [0.15, 0.2) is 73.3 Å². The minimum Gasteiger partial charge on any atom is -0.354 e. The molecule has 0 saturated carbocycles. The van der Waals surface area contributed by atoms with Gasteiger partial charge in [-0.3, -0.25) is 4.98 Å². The summed E-state index contributed by atoms with van der Waals surface area (Å²) in [6.07, 6.45) is 7.74. The molecule has 1 fully saturated rings. The summed E-state index contributed by atoms with van der Waals surface area (Å²) in [4.78, 5) is 21.9. The number of nitrogens with one attached hydrogen (secondary N) is 1. The zero-order chi connectivity index (χ0) is 21.5. The Morgan fingerprint density at radius 1 is 0.812 bits per heavy atom. The number of aromatic nitrogens is 4. The standard InChI is InChI=1S/C26H24N6/c1-31-9-11-32(12-10-31)25-7-5-20(15-28-25)21-14-22-23(17-30-26(22)29-16-21)18-4-6-24-19(13-18)3-2-8-27-24/h2-8,13-17H,9-12H2,1H3,(H,29,30). The van der Waals surface area contributed by atoms with Crippen molar-refractivity contribution in [2.75, 3.05) is 38.1 Å². The molecule has 1 aromatic carbocycles. The fourth-order valence-electron chi connectivity index (χ4n) is 4.42. The van der Waals surface area contributed by atoms with Crippen molar-refractivity contribution in [2.45, 2.75) is 0 Å². The summed E-state index contributed by atoms with van der Waals surface area (Å²) in [6.45, 7) is 4.19. The van der Waals surface area contributed by atoms with Gasteiger partial charge in [-0.05, 0) is 49.0 Å². The van der Waals surface area contributed by atoms with Gasteiger partial charge in [-0.2, -0.15) is 0 Å². The number of aromatic amines is 1. The second-order valence-corrected chi connectivity index (χ2v) is 8.43. The summed E-state index contributed by atoms with van der Waals surface area (Å²) in [5.41, 5.74) is 6.32. The van der Waals surface area contributed by atoms with Gasteiger partial charge in [0, 0.05) is 78.4 Å². The van der Waals surface area contributed by atoms with Gasteiger partial charge in [-0.25, -0.2) is 9.97 Å². The van der Waals surface area contributed by atoms with Crippen LogP contribution in [-0.4, -0.2) is 58.1 Å². The molecule has 5 heterocycles. The van der Waals surface area contributed by atoms with Crippen LogP contribution in [0.1, 0.15) is 0 Å². The smallest absolute Gasteiger partial charge is 0.137 e. The molecule has 158 valence electrons. The summed E-state index contributed by atoms with van der Waals surface area (Å²) in [7, 11) is 2.17. The monoisotopic (exact) mass is 420 g/mol. The molecule has 1 saturated heterocycles. The number of piperazine rings is 1. The summed E-state index contributed by atoms with van der Waals surface area (Å²) in [6, 6.07) is 16.9. The fraction of sp³-hybridized carbons (Fsp3) is 0.192. The lowest BCUT2D eigenvalue weighted by molar-refractivity contribution is 0.312. The number of likely N-dealkylation sites (N-methyl/N-ethyl adjacent to an activating group) is 1.